The Labute approximate surface area is 215 Å². The van der Waals surface area contributed by atoms with E-state index in [2.05, 4.69) is 10.0 Å². The first-order chi connectivity index (χ1) is 17.8. The molecule has 0 spiro atoms. The van der Waals surface area contributed by atoms with Gasteiger partial charge >= 0.3 is 0 Å². The highest BCUT2D eigenvalue weighted by Crippen LogP contribution is 2.34. The lowest BCUT2D eigenvalue weighted by molar-refractivity contribution is -0.124. The second-order valence-electron chi connectivity index (χ2n) is 9.18. The van der Waals surface area contributed by atoms with Crippen molar-refractivity contribution in [2.45, 2.75) is 41.9 Å². The summed E-state index contributed by atoms with van der Waals surface area (Å²) < 4.78 is 38.4. The summed E-state index contributed by atoms with van der Waals surface area (Å²) in [5, 5.41) is 24.3. The average Bonchev–Trinajstić information content (AvgIpc) is 3.50. The van der Waals surface area contributed by atoms with Gasteiger partial charge < -0.3 is 25.0 Å². The molecule has 9 nitrogen and oxygen atoms in total. The van der Waals surface area contributed by atoms with E-state index in [-0.39, 0.29) is 30.6 Å². The molecule has 37 heavy (non-hydrogen) atoms. The number of carbonyl (C=O) groups excluding carboxylic acids is 1. The first-order valence-corrected chi connectivity index (χ1v) is 13.5. The largest absolute Gasteiger partial charge is 0.454 e. The van der Waals surface area contributed by atoms with Crippen molar-refractivity contribution in [3.8, 4) is 11.5 Å². The first-order valence-electron chi connectivity index (χ1n) is 12.0. The topological polar surface area (TPSA) is 134 Å². The van der Waals surface area contributed by atoms with E-state index < -0.39 is 34.2 Å². The molecule has 1 amide bonds. The minimum absolute atomic E-state index is 0.0183. The zero-order chi connectivity index (χ0) is 26.0. The number of amides is 1. The Hall–Kier alpha value is -3.44. The molecule has 0 saturated carbocycles. The Balaban J connectivity index is 1.28. The lowest BCUT2D eigenvalue weighted by Crippen LogP contribution is -2.39. The van der Waals surface area contributed by atoms with Crippen LogP contribution in [0, 0.1) is 0 Å². The number of carbonyl (C=O) groups is 1. The molecule has 3 aromatic carbocycles. The number of hydrogen-bond acceptors (Lipinski definition) is 7. The molecule has 0 fully saturated rings. The van der Waals surface area contributed by atoms with Crippen LogP contribution in [0.1, 0.15) is 35.1 Å². The van der Waals surface area contributed by atoms with Gasteiger partial charge in [-0.25, -0.2) is 13.1 Å². The molecule has 2 aliphatic rings. The van der Waals surface area contributed by atoms with Gasteiger partial charge in [0.05, 0.1) is 29.1 Å². The second-order valence-corrected chi connectivity index (χ2v) is 10.9. The monoisotopic (exact) mass is 524 g/mol. The molecular formula is C27H28N2O7S. The van der Waals surface area contributed by atoms with Gasteiger partial charge in [-0.05, 0) is 35.2 Å². The maximum Gasteiger partial charge on any atom is 0.240 e. The summed E-state index contributed by atoms with van der Waals surface area (Å²) in [5.74, 6) is -0.318. The third-order valence-electron chi connectivity index (χ3n) is 6.69. The number of rotatable bonds is 9. The molecule has 4 N–H and O–H groups in total. The summed E-state index contributed by atoms with van der Waals surface area (Å²) in [6, 6.07) is 20.3. The van der Waals surface area contributed by atoms with Crippen molar-refractivity contribution in [3.05, 3.63) is 89.5 Å². The van der Waals surface area contributed by atoms with Crippen LogP contribution in [0.2, 0.25) is 0 Å². The van der Waals surface area contributed by atoms with Gasteiger partial charge in [0.15, 0.2) is 11.5 Å². The molecule has 10 heteroatoms. The molecule has 0 aromatic heterocycles. The number of ether oxygens (including phenoxy) is 2. The van der Waals surface area contributed by atoms with Gasteiger partial charge in [0.2, 0.25) is 22.7 Å². The van der Waals surface area contributed by atoms with E-state index in [9.17, 15) is 23.4 Å². The van der Waals surface area contributed by atoms with Crippen LogP contribution in [0.25, 0.3) is 0 Å². The fraction of sp³-hybridized carbons (Fsp3) is 0.296. The summed E-state index contributed by atoms with van der Waals surface area (Å²) in [6.45, 7) is -0.264. The molecule has 1 heterocycles. The van der Waals surface area contributed by atoms with E-state index in [1.807, 2.05) is 30.3 Å². The second kappa shape index (κ2) is 10.5. The van der Waals surface area contributed by atoms with E-state index in [4.69, 9.17) is 9.47 Å². The summed E-state index contributed by atoms with van der Waals surface area (Å²) in [5.41, 5.74) is 2.53. The Morgan fingerprint density at radius 1 is 1.00 bits per heavy atom. The lowest BCUT2D eigenvalue weighted by Gasteiger charge is -2.24. The van der Waals surface area contributed by atoms with Crippen molar-refractivity contribution in [3.63, 3.8) is 0 Å². The zero-order valence-electron chi connectivity index (χ0n) is 19.9. The van der Waals surface area contributed by atoms with Crippen molar-refractivity contribution in [2.24, 2.45) is 0 Å². The minimum atomic E-state index is -3.94. The zero-order valence-corrected chi connectivity index (χ0v) is 20.7. The van der Waals surface area contributed by atoms with Crippen LogP contribution >= 0.6 is 0 Å². The predicted molar refractivity (Wildman–Crippen MR) is 135 cm³/mol. The molecule has 1 aliphatic carbocycles. The van der Waals surface area contributed by atoms with Gasteiger partial charge in [0.25, 0.3) is 0 Å². The van der Waals surface area contributed by atoms with E-state index in [0.717, 1.165) is 11.1 Å². The Kier molecular flexibility index (Phi) is 7.16. The first kappa shape index (κ1) is 25.2. The third-order valence-corrected chi connectivity index (χ3v) is 8.11. The normalized spacial score (nSPS) is 19.7. The average molecular weight is 525 g/mol. The SMILES string of the molecule is O=C(N[C@H]1c2ccccc2C[C@H]1O)[C@@H](C[C@H](O)CNS(=O)(=O)c1ccc2c(c1)OCO2)c1ccccc1. The summed E-state index contributed by atoms with van der Waals surface area (Å²) in [7, 11) is -3.94. The van der Waals surface area contributed by atoms with Gasteiger partial charge in [-0.3, -0.25) is 4.79 Å². The van der Waals surface area contributed by atoms with Crippen LogP contribution in [-0.4, -0.2) is 50.1 Å². The van der Waals surface area contributed by atoms with Crippen LogP contribution in [0.3, 0.4) is 0 Å². The number of aliphatic hydroxyl groups is 2. The van der Waals surface area contributed by atoms with Crippen LogP contribution in [0.4, 0.5) is 0 Å². The van der Waals surface area contributed by atoms with E-state index in [0.29, 0.717) is 23.5 Å². The Bertz CT molecular complexity index is 1380. The number of nitrogens with one attached hydrogen (secondary N) is 2. The standard InChI is InChI=1S/C27H28N2O7S/c30-19(15-28-37(33,34)20-10-11-24-25(14-20)36-16-35-24)13-22(17-6-2-1-3-7-17)27(32)29-26-21-9-5-4-8-18(21)12-23(26)31/h1-11,14,19,22-23,26,28,30-31H,12-13,15-16H2,(H,29,32)/t19-,22-,23+,26-/m0/s1. The van der Waals surface area contributed by atoms with Gasteiger partial charge in [-0.2, -0.15) is 0 Å². The molecule has 3 aromatic rings. The highest BCUT2D eigenvalue weighted by atomic mass is 32.2. The fourth-order valence-electron chi connectivity index (χ4n) is 4.77. The Morgan fingerprint density at radius 3 is 2.54 bits per heavy atom. The Morgan fingerprint density at radius 2 is 1.73 bits per heavy atom. The smallest absolute Gasteiger partial charge is 0.240 e. The quantitative estimate of drug-likeness (QED) is 0.336. The van der Waals surface area contributed by atoms with E-state index in [1.54, 1.807) is 24.3 Å². The van der Waals surface area contributed by atoms with Crippen molar-refractivity contribution in [1.82, 2.24) is 10.0 Å². The molecule has 0 bridgehead atoms. The fourth-order valence-corrected chi connectivity index (χ4v) is 5.86. The van der Waals surface area contributed by atoms with Crippen LogP contribution in [0.15, 0.2) is 77.7 Å². The maximum atomic E-state index is 13.4. The maximum absolute atomic E-state index is 13.4. The number of fused-ring (bicyclic) bond motifs is 2. The molecule has 5 rings (SSSR count). The molecule has 1 aliphatic heterocycles. The van der Waals surface area contributed by atoms with Crippen molar-refractivity contribution in [2.75, 3.05) is 13.3 Å². The lowest BCUT2D eigenvalue weighted by atomic mass is 9.91. The van der Waals surface area contributed by atoms with Crippen molar-refractivity contribution >= 4 is 15.9 Å². The summed E-state index contributed by atoms with van der Waals surface area (Å²) in [6.07, 6.45) is -1.48. The molecule has 194 valence electrons. The van der Waals surface area contributed by atoms with Gasteiger partial charge in [-0.1, -0.05) is 54.6 Å². The van der Waals surface area contributed by atoms with Gasteiger partial charge in [0.1, 0.15) is 0 Å². The third kappa shape index (κ3) is 5.47. The predicted octanol–water partition coefficient (Wildman–Crippen LogP) is 2.00. The van der Waals surface area contributed by atoms with Crippen LogP contribution in [0.5, 0.6) is 11.5 Å². The molecule has 0 unspecified atom stereocenters. The highest BCUT2D eigenvalue weighted by Gasteiger charge is 2.34. The minimum Gasteiger partial charge on any atom is -0.454 e. The van der Waals surface area contributed by atoms with Gasteiger partial charge in [0, 0.05) is 19.0 Å². The number of sulfonamides is 1. The summed E-state index contributed by atoms with van der Waals surface area (Å²) in [4.78, 5) is 13.4. The van der Waals surface area contributed by atoms with Crippen molar-refractivity contribution < 1.29 is 32.9 Å². The van der Waals surface area contributed by atoms with E-state index in [1.165, 1.54) is 18.2 Å². The van der Waals surface area contributed by atoms with Crippen LogP contribution < -0.4 is 19.5 Å². The van der Waals surface area contributed by atoms with E-state index >= 15 is 0 Å². The van der Waals surface area contributed by atoms with Crippen molar-refractivity contribution in [1.29, 1.82) is 0 Å². The van der Waals surface area contributed by atoms with Crippen LogP contribution in [-0.2, 0) is 21.2 Å². The number of benzene rings is 3. The highest BCUT2D eigenvalue weighted by molar-refractivity contribution is 7.89. The summed E-state index contributed by atoms with van der Waals surface area (Å²) >= 11 is 0. The number of hydrogen-bond donors (Lipinski definition) is 4. The molecule has 0 saturated heterocycles. The molecular weight excluding hydrogens is 496 g/mol. The molecule has 4 atom stereocenters. The molecule has 0 radical (unpaired) electrons. The van der Waals surface area contributed by atoms with Gasteiger partial charge in [-0.15, -0.1) is 0 Å². The number of aliphatic hydroxyl groups excluding tert-OH is 2.